The van der Waals surface area contributed by atoms with Crippen molar-refractivity contribution in [3.05, 3.63) is 17.0 Å². The number of aliphatic hydroxyl groups is 1. The van der Waals surface area contributed by atoms with Gasteiger partial charge in [-0.3, -0.25) is 9.48 Å². The van der Waals surface area contributed by atoms with Gasteiger partial charge in [0.15, 0.2) is 0 Å². The maximum atomic E-state index is 13.2. The smallest absolute Gasteiger partial charge is 0.272 e. The van der Waals surface area contributed by atoms with Gasteiger partial charge >= 0.3 is 0 Å². The van der Waals surface area contributed by atoms with E-state index in [-0.39, 0.29) is 18.1 Å². The van der Waals surface area contributed by atoms with Crippen molar-refractivity contribution in [2.75, 3.05) is 26.8 Å². The van der Waals surface area contributed by atoms with E-state index in [9.17, 15) is 9.90 Å². The van der Waals surface area contributed by atoms with E-state index in [2.05, 4.69) is 5.10 Å². The van der Waals surface area contributed by atoms with Crippen LogP contribution in [0.2, 0.25) is 0 Å². The van der Waals surface area contributed by atoms with Crippen molar-refractivity contribution in [3.63, 3.8) is 0 Å². The van der Waals surface area contributed by atoms with Crippen LogP contribution < -0.4 is 0 Å². The first-order valence-electron chi connectivity index (χ1n) is 9.18. The number of ether oxygens (including phenoxy) is 2. The number of methoxy groups -OCH3 is 1. The molecule has 2 fully saturated rings. The monoisotopic (exact) mass is 349 g/mol. The summed E-state index contributed by atoms with van der Waals surface area (Å²) in [5, 5.41) is 15.2. The maximum absolute atomic E-state index is 13.2. The Hall–Kier alpha value is -1.44. The van der Waals surface area contributed by atoms with Crippen LogP contribution in [0.15, 0.2) is 0 Å². The van der Waals surface area contributed by atoms with Crippen LogP contribution >= 0.6 is 0 Å². The molecular weight excluding hydrogens is 322 g/mol. The van der Waals surface area contributed by atoms with Crippen molar-refractivity contribution in [2.24, 2.45) is 5.92 Å². The average molecular weight is 349 g/mol. The number of β-amino-alcohol motifs (C(OH)–C–C–N with tert-alkyl or cyclic N) is 1. The summed E-state index contributed by atoms with van der Waals surface area (Å²) in [5.74, 6) is 0.341. The molecule has 7 nitrogen and oxygen atoms in total. The van der Waals surface area contributed by atoms with E-state index in [1.54, 1.807) is 16.7 Å². The molecule has 1 N–H and O–H groups in total. The molecule has 0 bridgehead atoms. The van der Waals surface area contributed by atoms with Crippen molar-refractivity contribution in [1.29, 1.82) is 0 Å². The van der Waals surface area contributed by atoms with Crippen molar-refractivity contribution in [2.45, 2.75) is 57.5 Å². The minimum atomic E-state index is -0.670. The first-order valence-corrected chi connectivity index (χ1v) is 9.18. The molecule has 2 aliphatic heterocycles. The van der Waals surface area contributed by atoms with E-state index in [1.165, 1.54) is 0 Å². The number of nitrogens with zero attached hydrogens (tertiary/aromatic N) is 3. The van der Waals surface area contributed by atoms with E-state index < -0.39 is 5.60 Å². The molecule has 0 unspecified atom stereocenters. The highest BCUT2D eigenvalue weighted by molar-refractivity contribution is 5.95. The van der Waals surface area contributed by atoms with Crippen LogP contribution in [-0.4, -0.2) is 64.2 Å². The third kappa shape index (κ3) is 2.88. The van der Waals surface area contributed by atoms with Crippen molar-refractivity contribution in [3.8, 4) is 0 Å². The quantitative estimate of drug-likeness (QED) is 0.863. The summed E-state index contributed by atoms with van der Waals surface area (Å²) in [6.45, 7) is 5.90. The van der Waals surface area contributed by atoms with Gasteiger partial charge in [-0.1, -0.05) is 0 Å². The lowest BCUT2D eigenvalue weighted by Gasteiger charge is -2.47. The molecule has 1 aromatic heterocycles. The van der Waals surface area contributed by atoms with E-state index in [0.717, 1.165) is 24.1 Å². The number of hydrogen-bond acceptors (Lipinski definition) is 5. The lowest BCUT2D eigenvalue weighted by molar-refractivity contribution is -0.0962. The molecule has 3 heterocycles. The molecule has 25 heavy (non-hydrogen) atoms. The van der Waals surface area contributed by atoms with Gasteiger partial charge in [0, 0.05) is 19.1 Å². The minimum Gasteiger partial charge on any atom is -0.386 e. The van der Waals surface area contributed by atoms with Crippen LogP contribution in [0.4, 0.5) is 0 Å². The molecule has 0 radical (unpaired) electrons. The van der Waals surface area contributed by atoms with Crippen LogP contribution in [0.3, 0.4) is 0 Å². The van der Waals surface area contributed by atoms with E-state index in [1.807, 2.05) is 13.8 Å². The third-order valence-electron chi connectivity index (χ3n) is 5.66. The summed E-state index contributed by atoms with van der Waals surface area (Å²) in [7, 11) is 1.64. The zero-order valence-corrected chi connectivity index (χ0v) is 15.2. The Morgan fingerprint density at radius 1 is 1.40 bits per heavy atom. The topological polar surface area (TPSA) is 76.8 Å². The molecule has 1 amide bonds. The summed E-state index contributed by atoms with van der Waals surface area (Å²) in [4.78, 5) is 14.9. The van der Waals surface area contributed by atoms with Gasteiger partial charge in [0.1, 0.15) is 11.3 Å². The van der Waals surface area contributed by atoms with Gasteiger partial charge in [-0.05, 0) is 32.6 Å². The van der Waals surface area contributed by atoms with E-state index >= 15 is 0 Å². The van der Waals surface area contributed by atoms with E-state index in [0.29, 0.717) is 44.3 Å². The first-order chi connectivity index (χ1) is 11.9. The zero-order valence-electron chi connectivity index (χ0n) is 15.2. The van der Waals surface area contributed by atoms with Crippen LogP contribution in [0.5, 0.6) is 0 Å². The Bertz CT molecular complexity index is 676. The first kappa shape index (κ1) is 17.0. The number of amides is 1. The number of carbonyl (C=O) groups is 1. The standard InChI is InChI=1S/C18H27N3O4/c1-11-8-14-15(12(2)25-11)19-21(6-7-24-3)16(14)17(22)20-9-18(23,10-20)13-4-5-13/h11-13,23H,4-10H2,1-3H3/t11-,12+/m0/s1. The number of carbonyl (C=O) groups excluding carboxylic acids is 1. The van der Waals surface area contributed by atoms with Crippen LogP contribution in [0.1, 0.15) is 54.5 Å². The number of hydrogen-bond donors (Lipinski definition) is 1. The van der Waals surface area contributed by atoms with Crippen molar-refractivity contribution in [1.82, 2.24) is 14.7 Å². The van der Waals surface area contributed by atoms with Crippen molar-refractivity contribution < 1.29 is 19.4 Å². The SMILES string of the molecule is COCCn1nc2c(c1C(=O)N1CC(O)(C3CC3)C1)C[C@H](C)O[C@@H]2C. The largest absolute Gasteiger partial charge is 0.386 e. The molecule has 2 atom stereocenters. The Kier molecular flexibility index (Phi) is 4.13. The van der Waals surface area contributed by atoms with E-state index in [4.69, 9.17) is 9.47 Å². The fourth-order valence-electron chi connectivity index (χ4n) is 4.16. The van der Waals surface area contributed by atoms with Gasteiger partial charge in [-0.15, -0.1) is 0 Å². The highest BCUT2D eigenvalue weighted by atomic mass is 16.5. The van der Waals surface area contributed by atoms with Crippen molar-refractivity contribution >= 4 is 5.91 Å². The molecule has 3 aliphatic rings. The van der Waals surface area contributed by atoms with Crippen LogP contribution in [0, 0.1) is 5.92 Å². The normalized spacial score (nSPS) is 27.8. The molecule has 1 aromatic rings. The summed E-state index contributed by atoms with van der Waals surface area (Å²) in [5.41, 5.74) is 1.83. The zero-order chi connectivity index (χ0) is 17.8. The van der Waals surface area contributed by atoms with Gasteiger partial charge in [0.25, 0.3) is 5.91 Å². The Morgan fingerprint density at radius 3 is 2.76 bits per heavy atom. The molecule has 4 rings (SSSR count). The predicted molar refractivity (Wildman–Crippen MR) is 90.3 cm³/mol. The summed E-state index contributed by atoms with van der Waals surface area (Å²) in [6.07, 6.45) is 2.79. The van der Waals surface area contributed by atoms with Gasteiger partial charge < -0.3 is 19.5 Å². The molecule has 138 valence electrons. The van der Waals surface area contributed by atoms with Crippen LogP contribution in [-0.2, 0) is 22.4 Å². The van der Waals surface area contributed by atoms with Gasteiger partial charge in [-0.2, -0.15) is 5.10 Å². The lowest BCUT2D eigenvalue weighted by atomic mass is 9.88. The molecular formula is C18H27N3O4. The second-order valence-electron chi connectivity index (χ2n) is 7.76. The fourth-order valence-corrected chi connectivity index (χ4v) is 4.16. The number of aromatic nitrogens is 2. The van der Waals surface area contributed by atoms with Gasteiger partial charge in [0.2, 0.25) is 0 Å². The molecule has 1 saturated carbocycles. The molecule has 1 aliphatic carbocycles. The van der Waals surface area contributed by atoms with Crippen LogP contribution in [0.25, 0.3) is 0 Å². The third-order valence-corrected chi connectivity index (χ3v) is 5.66. The highest BCUT2D eigenvalue weighted by Gasteiger charge is 2.54. The average Bonchev–Trinajstić information content (AvgIpc) is 3.31. The Morgan fingerprint density at radius 2 is 2.12 bits per heavy atom. The van der Waals surface area contributed by atoms with Gasteiger partial charge in [0.05, 0.1) is 44.1 Å². The molecule has 0 spiro atoms. The number of fused-ring (bicyclic) bond motifs is 1. The predicted octanol–water partition coefficient (Wildman–Crippen LogP) is 1.15. The summed E-state index contributed by atoms with van der Waals surface area (Å²) < 4.78 is 12.8. The number of rotatable bonds is 5. The highest BCUT2D eigenvalue weighted by Crippen LogP contribution is 2.45. The summed E-state index contributed by atoms with van der Waals surface area (Å²) in [6, 6.07) is 0. The van der Waals surface area contributed by atoms with Gasteiger partial charge in [-0.25, -0.2) is 0 Å². The molecule has 1 saturated heterocycles. The fraction of sp³-hybridized carbons (Fsp3) is 0.778. The number of likely N-dealkylation sites (tertiary alicyclic amines) is 1. The Labute approximate surface area is 147 Å². The molecule has 0 aromatic carbocycles. The Balaban J connectivity index is 1.61. The minimum absolute atomic E-state index is 0.0310. The maximum Gasteiger partial charge on any atom is 0.272 e. The molecule has 7 heteroatoms. The second kappa shape index (κ2) is 6.07. The summed E-state index contributed by atoms with van der Waals surface area (Å²) >= 11 is 0. The second-order valence-corrected chi connectivity index (χ2v) is 7.76. The lowest BCUT2D eigenvalue weighted by Crippen LogP contribution is -2.65.